The van der Waals surface area contributed by atoms with Gasteiger partial charge in [-0.15, -0.1) is 0 Å². The van der Waals surface area contributed by atoms with Crippen molar-refractivity contribution in [1.29, 1.82) is 0 Å². The third kappa shape index (κ3) is 5.16. The lowest BCUT2D eigenvalue weighted by Gasteiger charge is -2.24. The zero-order chi connectivity index (χ0) is 14.2. The van der Waals surface area contributed by atoms with Crippen LogP contribution in [-0.4, -0.2) is 37.5 Å². The van der Waals surface area contributed by atoms with Gasteiger partial charge in [0.05, 0.1) is 19.8 Å². The molecule has 0 bridgehead atoms. The van der Waals surface area contributed by atoms with Gasteiger partial charge in [0.15, 0.2) is 0 Å². The van der Waals surface area contributed by atoms with E-state index in [1.54, 1.807) is 20.8 Å². The molecule has 0 aromatic heterocycles. The maximum atomic E-state index is 12.4. The number of hydrogen-bond donors (Lipinski definition) is 1. The fourth-order valence-corrected chi connectivity index (χ4v) is 2.99. The number of hydrogen-bond acceptors (Lipinski definition) is 6. The SMILES string of the molecule is CCOC(=O)C(NC(C)=O)P(=O)(OCC)OCC. The Morgan fingerprint density at radius 2 is 1.61 bits per heavy atom. The Labute approximate surface area is 107 Å². The van der Waals surface area contributed by atoms with Crippen molar-refractivity contribution in [2.75, 3.05) is 19.8 Å². The summed E-state index contributed by atoms with van der Waals surface area (Å²) in [5, 5.41) is 2.25. The molecule has 0 saturated heterocycles. The number of esters is 1. The van der Waals surface area contributed by atoms with E-state index in [-0.39, 0.29) is 19.8 Å². The van der Waals surface area contributed by atoms with Crippen molar-refractivity contribution >= 4 is 19.5 Å². The van der Waals surface area contributed by atoms with Gasteiger partial charge in [-0.05, 0) is 20.8 Å². The van der Waals surface area contributed by atoms with Gasteiger partial charge in [-0.2, -0.15) is 0 Å². The molecule has 0 aromatic carbocycles. The summed E-state index contributed by atoms with van der Waals surface area (Å²) in [6.45, 7) is 6.32. The summed E-state index contributed by atoms with van der Waals surface area (Å²) >= 11 is 0. The van der Waals surface area contributed by atoms with Gasteiger partial charge in [0.1, 0.15) is 0 Å². The van der Waals surface area contributed by atoms with Gasteiger partial charge in [-0.25, -0.2) is 4.79 Å². The van der Waals surface area contributed by atoms with Gasteiger partial charge in [-0.3, -0.25) is 9.36 Å². The maximum Gasteiger partial charge on any atom is 0.364 e. The molecule has 1 amide bonds. The van der Waals surface area contributed by atoms with Crippen LogP contribution in [0.15, 0.2) is 0 Å². The van der Waals surface area contributed by atoms with E-state index in [2.05, 4.69) is 5.32 Å². The molecule has 0 aliphatic heterocycles. The first-order chi connectivity index (χ1) is 8.41. The van der Waals surface area contributed by atoms with Crippen LogP contribution in [-0.2, 0) is 27.9 Å². The fourth-order valence-electron chi connectivity index (χ4n) is 1.23. The Morgan fingerprint density at radius 3 is 1.94 bits per heavy atom. The molecular formula is C10H20NO6P. The van der Waals surface area contributed by atoms with E-state index < -0.39 is 25.3 Å². The summed E-state index contributed by atoms with van der Waals surface area (Å²) in [5.41, 5.74) is 0. The van der Waals surface area contributed by atoms with Crippen LogP contribution in [0.25, 0.3) is 0 Å². The minimum absolute atomic E-state index is 0.0900. The summed E-state index contributed by atoms with van der Waals surface area (Å²) in [6, 6.07) is 0. The molecule has 0 radical (unpaired) electrons. The third-order valence-electron chi connectivity index (χ3n) is 1.78. The van der Waals surface area contributed by atoms with Crippen LogP contribution in [0.5, 0.6) is 0 Å². The van der Waals surface area contributed by atoms with E-state index in [1.165, 1.54) is 6.92 Å². The summed E-state index contributed by atoms with van der Waals surface area (Å²) in [4.78, 5) is 22.8. The zero-order valence-electron chi connectivity index (χ0n) is 11.1. The summed E-state index contributed by atoms with van der Waals surface area (Å²) in [7, 11) is -3.78. The van der Waals surface area contributed by atoms with Crippen LogP contribution in [0.2, 0.25) is 0 Å². The minimum Gasteiger partial charge on any atom is -0.464 e. The monoisotopic (exact) mass is 281 g/mol. The van der Waals surface area contributed by atoms with Crippen molar-refractivity contribution in [1.82, 2.24) is 5.32 Å². The van der Waals surface area contributed by atoms with E-state index in [9.17, 15) is 14.2 Å². The number of carbonyl (C=O) groups excluding carboxylic acids is 2. The molecule has 18 heavy (non-hydrogen) atoms. The molecule has 0 aromatic rings. The number of rotatable bonds is 8. The topological polar surface area (TPSA) is 90.9 Å². The Morgan fingerprint density at radius 1 is 1.11 bits per heavy atom. The van der Waals surface area contributed by atoms with Gasteiger partial charge in [-0.1, -0.05) is 0 Å². The van der Waals surface area contributed by atoms with Crippen LogP contribution in [0.4, 0.5) is 0 Å². The Bertz CT molecular complexity index is 322. The quantitative estimate of drug-likeness (QED) is 0.532. The highest BCUT2D eigenvalue weighted by Crippen LogP contribution is 2.52. The molecule has 0 rings (SSSR count). The van der Waals surface area contributed by atoms with Crippen molar-refractivity contribution in [3.63, 3.8) is 0 Å². The Hall–Kier alpha value is -0.910. The van der Waals surface area contributed by atoms with Crippen LogP contribution in [0, 0.1) is 0 Å². The van der Waals surface area contributed by atoms with Crippen molar-refractivity contribution in [2.45, 2.75) is 33.5 Å². The molecule has 8 heteroatoms. The molecule has 0 aliphatic carbocycles. The zero-order valence-corrected chi connectivity index (χ0v) is 12.0. The molecular weight excluding hydrogens is 261 g/mol. The minimum atomic E-state index is -3.78. The predicted molar refractivity (Wildman–Crippen MR) is 65.1 cm³/mol. The lowest BCUT2D eigenvalue weighted by atomic mass is 10.6. The largest absolute Gasteiger partial charge is 0.464 e. The van der Waals surface area contributed by atoms with Crippen molar-refractivity contribution in [3.05, 3.63) is 0 Å². The molecule has 0 heterocycles. The second-order valence-corrected chi connectivity index (χ2v) is 5.34. The predicted octanol–water partition coefficient (Wildman–Crippen LogP) is 1.28. The van der Waals surface area contributed by atoms with E-state index in [0.717, 1.165) is 0 Å². The highest BCUT2D eigenvalue weighted by molar-refractivity contribution is 7.55. The summed E-state index contributed by atoms with van der Waals surface area (Å²) in [6.07, 6.45) is 0. The third-order valence-corrected chi connectivity index (χ3v) is 3.99. The second kappa shape index (κ2) is 8.24. The number of ether oxygens (including phenoxy) is 1. The van der Waals surface area contributed by atoms with Gasteiger partial charge in [0.25, 0.3) is 0 Å². The molecule has 0 fully saturated rings. The molecule has 0 aliphatic rings. The first-order valence-electron chi connectivity index (χ1n) is 5.73. The summed E-state index contributed by atoms with van der Waals surface area (Å²) in [5.74, 6) is -2.79. The van der Waals surface area contributed by atoms with Gasteiger partial charge in [0, 0.05) is 6.92 Å². The average Bonchev–Trinajstić information content (AvgIpc) is 2.26. The molecule has 1 atom stereocenters. The van der Waals surface area contributed by atoms with Crippen LogP contribution >= 0.6 is 7.60 Å². The highest BCUT2D eigenvalue weighted by Gasteiger charge is 2.43. The smallest absolute Gasteiger partial charge is 0.364 e. The number of nitrogens with one attached hydrogen (secondary N) is 1. The van der Waals surface area contributed by atoms with Crippen LogP contribution in [0.1, 0.15) is 27.7 Å². The lowest BCUT2D eigenvalue weighted by Crippen LogP contribution is -2.41. The first-order valence-corrected chi connectivity index (χ1v) is 7.34. The van der Waals surface area contributed by atoms with E-state index in [4.69, 9.17) is 13.8 Å². The van der Waals surface area contributed by atoms with Crippen molar-refractivity contribution in [3.8, 4) is 0 Å². The molecule has 1 unspecified atom stereocenters. The highest BCUT2D eigenvalue weighted by atomic mass is 31.2. The first kappa shape index (κ1) is 17.1. The van der Waals surface area contributed by atoms with Gasteiger partial charge < -0.3 is 19.1 Å². The normalized spacial score (nSPS) is 12.9. The van der Waals surface area contributed by atoms with E-state index in [1.807, 2.05) is 0 Å². The van der Waals surface area contributed by atoms with E-state index >= 15 is 0 Å². The number of carbonyl (C=O) groups is 2. The van der Waals surface area contributed by atoms with Crippen LogP contribution in [0.3, 0.4) is 0 Å². The Balaban J connectivity index is 5.15. The van der Waals surface area contributed by atoms with Crippen molar-refractivity contribution < 1.29 is 27.9 Å². The Kier molecular flexibility index (Phi) is 7.82. The molecule has 1 N–H and O–H groups in total. The second-order valence-electron chi connectivity index (χ2n) is 3.23. The average molecular weight is 281 g/mol. The van der Waals surface area contributed by atoms with Gasteiger partial charge >= 0.3 is 13.6 Å². The van der Waals surface area contributed by atoms with E-state index in [0.29, 0.717) is 0 Å². The van der Waals surface area contributed by atoms with Crippen molar-refractivity contribution in [2.24, 2.45) is 0 Å². The number of amides is 1. The molecule has 106 valence electrons. The maximum absolute atomic E-state index is 12.4. The fraction of sp³-hybridized carbons (Fsp3) is 0.800. The van der Waals surface area contributed by atoms with Crippen LogP contribution < -0.4 is 5.32 Å². The lowest BCUT2D eigenvalue weighted by molar-refractivity contribution is -0.145. The standard InChI is InChI=1S/C10H20NO6P/c1-5-15-10(13)9(11-8(4)12)18(14,16-6-2)17-7-3/h9H,5-7H2,1-4H3,(H,11,12). The molecule has 7 nitrogen and oxygen atoms in total. The molecule has 0 saturated carbocycles. The molecule has 0 spiro atoms. The van der Waals surface area contributed by atoms with Gasteiger partial charge in [0.2, 0.25) is 11.7 Å². The summed E-state index contributed by atoms with van der Waals surface area (Å²) < 4.78 is 27.2.